The lowest BCUT2D eigenvalue weighted by Crippen LogP contribution is -2.78. The van der Waals surface area contributed by atoms with Crippen LogP contribution in [0.15, 0.2) is 53.8 Å². The summed E-state index contributed by atoms with van der Waals surface area (Å²) in [6, 6.07) is 7.00. The Balaban J connectivity index is 1.38. The average molecular weight is 711 g/mol. The van der Waals surface area contributed by atoms with Crippen LogP contribution in [0.25, 0.3) is 10.8 Å². The second-order valence-electron chi connectivity index (χ2n) is 11.5. The van der Waals surface area contributed by atoms with Gasteiger partial charge >= 0.3 is 6.09 Å². The molecule has 6 rings (SSSR count). The molecule has 47 heavy (non-hydrogen) atoms. The van der Waals surface area contributed by atoms with Crippen molar-refractivity contribution in [1.82, 2.24) is 31.1 Å². The fourth-order valence-corrected chi connectivity index (χ4v) is 6.77. The Morgan fingerprint density at radius 1 is 1.15 bits per heavy atom. The second kappa shape index (κ2) is 11.9. The third-order valence-electron chi connectivity index (χ3n) is 8.64. The van der Waals surface area contributed by atoms with Gasteiger partial charge in [0.1, 0.15) is 18.4 Å². The number of alkyl halides is 3. The van der Waals surface area contributed by atoms with Crippen LogP contribution in [0.5, 0.6) is 5.75 Å². The molecule has 4 aliphatic heterocycles. The number of benzene rings is 2. The number of carbonyl (C=O) groups excluding carboxylic acids is 4. The van der Waals surface area contributed by atoms with Gasteiger partial charge in [-0.15, -0.1) is 0 Å². The van der Waals surface area contributed by atoms with Crippen molar-refractivity contribution in [3.8, 4) is 5.75 Å². The summed E-state index contributed by atoms with van der Waals surface area (Å²) in [7, 11) is 1.41. The lowest BCUT2D eigenvalue weighted by atomic mass is 9.85. The normalized spacial score (nSPS) is 26.3. The van der Waals surface area contributed by atoms with Gasteiger partial charge in [-0.25, -0.2) is 9.79 Å². The molecule has 4 heterocycles. The van der Waals surface area contributed by atoms with E-state index in [1.54, 1.807) is 24.3 Å². The van der Waals surface area contributed by atoms with E-state index in [1.807, 2.05) is 12.1 Å². The number of alkyl carbamates (subject to hydrolysis) is 1. The number of ether oxygens (including phenoxy) is 2. The molecule has 3 saturated heterocycles. The number of aliphatic hydroxyl groups is 2. The molecule has 250 valence electrons. The number of halogens is 3. The summed E-state index contributed by atoms with van der Waals surface area (Å²) >= 11 is 17.2. The largest absolute Gasteiger partial charge is 0.496 e. The molecule has 4 aliphatic rings. The third-order valence-corrected chi connectivity index (χ3v) is 8.96. The summed E-state index contributed by atoms with van der Waals surface area (Å²) in [5.41, 5.74) is -1.80. The molecule has 15 nitrogen and oxygen atoms in total. The number of rotatable bonds is 6. The molecule has 2 aromatic rings. The predicted octanol–water partition coefficient (Wildman–Crippen LogP) is 0.656. The molecule has 4 amide bonds. The van der Waals surface area contributed by atoms with E-state index in [2.05, 4.69) is 32.8 Å². The molecule has 6 N–H and O–H groups in total. The number of nitrogens with zero attached hydrogens (tertiary/aromatic N) is 3. The van der Waals surface area contributed by atoms with Crippen molar-refractivity contribution in [1.29, 1.82) is 0 Å². The number of guanidine groups is 1. The Morgan fingerprint density at radius 2 is 1.85 bits per heavy atom. The first kappa shape index (κ1) is 32.9. The number of fused-ring (bicyclic) bond motifs is 1. The summed E-state index contributed by atoms with van der Waals surface area (Å²) in [5, 5.41) is 36.6. The average Bonchev–Trinajstić information content (AvgIpc) is 3.61. The third kappa shape index (κ3) is 5.65. The van der Waals surface area contributed by atoms with Crippen LogP contribution in [-0.4, -0.2) is 110 Å². The van der Waals surface area contributed by atoms with Gasteiger partial charge in [0.15, 0.2) is 5.66 Å². The SMILES string of the molecule is C=C1N[C@H]2[C@H](CN3C(=O)CCC3=O)N=C(NC(=O)OCC(Cl)(Cl)Cl)N3CC(NC(=O)c4c(OC)ccc5ccccc45)C(O)(O)[C@]23N1. The molecule has 4 atom stereocenters. The number of hydrogen-bond acceptors (Lipinski definition) is 12. The number of carbonyl (C=O) groups is 4. The molecule has 0 radical (unpaired) electrons. The second-order valence-corrected chi connectivity index (χ2v) is 14.0. The fraction of sp³-hybridized carbons (Fsp3) is 0.414. The van der Waals surface area contributed by atoms with E-state index < -0.39 is 63.8 Å². The topological polar surface area (TPSA) is 194 Å². The molecular formula is C29H30Cl3N7O8. The minimum atomic E-state index is -2.81. The summed E-state index contributed by atoms with van der Waals surface area (Å²) in [5.74, 6) is -4.17. The van der Waals surface area contributed by atoms with Crippen LogP contribution >= 0.6 is 34.8 Å². The van der Waals surface area contributed by atoms with E-state index in [4.69, 9.17) is 44.3 Å². The molecule has 1 unspecified atom stereocenters. The van der Waals surface area contributed by atoms with Gasteiger partial charge in [0.25, 0.3) is 5.91 Å². The minimum Gasteiger partial charge on any atom is -0.496 e. The highest BCUT2D eigenvalue weighted by molar-refractivity contribution is 6.67. The lowest BCUT2D eigenvalue weighted by molar-refractivity contribution is -0.231. The molecule has 3 fully saturated rings. The van der Waals surface area contributed by atoms with Crippen molar-refractivity contribution in [2.45, 2.75) is 46.2 Å². The molecular weight excluding hydrogens is 681 g/mol. The number of likely N-dealkylation sites (tertiary alicyclic amines) is 1. The highest BCUT2D eigenvalue weighted by Gasteiger charge is 2.74. The number of methoxy groups -OCH3 is 1. The number of nitrogens with one attached hydrogen (secondary N) is 4. The quantitative estimate of drug-likeness (QED) is 0.140. The number of amides is 4. The van der Waals surface area contributed by atoms with E-state index in [0.717, 1.165) is 10.3 Å². The summed E-state index contributed by atoms with van der Waals surface area (Å²) in [6.07, 6.45) is -1.07. The minimum absolute atomic E-state index is 0.0136. The van der Waals surface area contributed by atoms with Gasteiger partial charge in [0.05, 0.1) is 37.1 Å². The molecule has 18 heteroatoms. The lowest BCUT2D eigenvalue weighted by Gasteiger charge is -2.49. The standard InChI is InChI=1S/C29H30Cl3N7O8/c1-14-33-23-17(11-38-20(40)9-10-21(38)41)34-25(36-26(43)47-13-27(30,31)32)39-12-19(29(44,45)28(23,39)37-14)35-24(42)22-16-6-4-3-5-15(16)7-8-18(22)46-2/h3-8,17,19,23,33,37,44-45H,1,9-13H2,2H3,(H,35,42)(H,34,36,43)/t17-,19?,23-,28-/m0/s1. The van der Waals surface area contributed by atoms with Gasteiger partial charge in [0, 0.05) is 19.4 Å². The van der Waals surface area contributed by atoms with Gasteiger partial charge in [0.2, 0.25) is 27.4 Å². The Kier molecular flexibility index (Phi) is 8.33. The van der Waals surface area contributed by atoms with Crippen LogP contribution in [0.2, 0.25) is 0 Å². The van der Waals surface area contributed by atoms with E-state index in [0.29, 0.717) is 5.39 Å². The smallest absolute Gasteiger partial charge is 0.414 e. The monoisotopic (exact) mass is 709 g/mol. The maximum absolute atomic E-state index is 13.9. The van der Waals surface area contributed by atoms with Crippen molar-refractivity contribution in [2.75, 3.05) is 26.8 Å². The first-order valence-electron chi connectivity index (χ1n) is 14.4. The highest BCUT2D eigenvalue weighted by atomic mass is 35.6. The van der Waals surface area contributed by atoms with Crippen molar-refractivity contribution in [2.24, 2.45) is 4.99 Å². The Labute approximate surface area is 282 Å². The van der Waals surface area contributed by atoms with E-state index in [9.17, 15) is 29.4 Å². The Morgan fingerprint density at radius 3 is 2.53 bits per heavy atom. The zero-order valence-corrected chi connectivity index (χ0v) is 27.0. The first-order valence-corrected chi connectivity index (χ1v) is 15.5. The molecule has 0 aromatic heterocycles. The van der Waals surface area contributed by atoms with Crippen LogP contribution in [0.3, 0.4) is 0 Å². The van der Waals surface area contributed by atoms with Crippen LogP contribution in [-0.2, 0) is 14.3 Å². The van der Waals surface area contributed by atoms with Crippen molar-refractivity contribution in [3.05, 3.63) is 54.4 Å². The maximum Gasteiger partial charge on any atom is 0.414 e. The summed E-state index contributed by atoms with van der Waals surface area (Å²) in [6.45, 7) is 2.68. The van der Waals surface area contributed by atoms with Gasteiger partial charge in [-0.05, 0) is 16.8 Å². The Hall–Kier alpha value is -4.02. The molecule has 0 bridgehead atoms. The molecule has 0 saturated carbocycles. The van der Waals surface area contributed by atoms with E-state index in [1.165, 1.54) is 12.0 Å². The molecule has 0 aliphatic carbocycles. The molecule has 2 aromatic carbocycles. The highest BCUT2D eigenvalue weighted by Crippen LogP contribution is 2.45. The van der Waals surface area contributed by atoms with Crippen LogP contribution < -0.4 is 26.0 Å². The Bertz CT molecular complexity index is 1700. The van der Waals surface area contributed by atoms with E-state index >= 15 is 0 Å². The van der Waals surface area contributed by atoms with Gasteiger partial charge in [-0.3, -0.25) is 24.6 Å². The summed E-state index contributed by atoms with van der Waals surface area (Å²) in [4.78, 5) is 58.9. The maximum atomic E-state index is 13.9. The van der Waals surface area contributed by atoms with Gasteiger partial charge in [-0.2, -0.15) is 0 Å². The van der Waals surface area contributed by atoms with Crippen molar-refractivity contribution < 1.29 is 38.9 Å². The summed E-state index contributed by atoms with van der Waals surface area (Å²) < 4.78 is 8.57. The van der Waals surface area contributed by atoms with Crippen LogP contribution in [0, 0.1) is 0 Å². The van der Waals surface area contributed by atoms with Crippen LogP contribution in [0.4, 0.5) is 4.79 Å². The molecule has 1 spiro atoms. The van der Waals surface area contributed by atoms with Gasteiger partial charge < -0.3 is 40.5 Å². The van der Waals surface area contributed by atoms with Gasteiger partial charge in [-0.1, -0.05) is 71.7 Å². The first-order chi connectivity index (χ1) is 22.2. The van der Waals surface area contributed by atoms with Crippen LogP contribution in [0.1, 0.15) is 23.2 Å². The zero-order valence-electron chi connectivity index (χ0n) is 24.8. The van der Waals surface area contributed by atoms with Crippen molar-refractivity contribution in [3.63, 3.8) is 0 Å². The zero-order chi connectivity index (χ0) is 33.9. The van der Waals surface area contributed by atoms with E-state index in [-0.39, 0.29) is 49.0 Å². The number of hydrogen-bond donors (Lipinski definition) is 6. The van der Waals surface area contributed by atoms with Crippen molar-refractivity contribution >= 4 is 75.3 Å². The fourth-order valence-electron chi connectivity index (χ4n) is 6.61. The predicted molar refractivity (Wildman–Crippen MR) is 170 cm³/mol. The number of imide groups is 1. The number of aliphatic imine (C=N–C) groups is 1.